The summed E-state index contributed by atoms with van der Waals surface area (Å²) < 4.78 is 5.50. The Bertz CT molecular complexity index is 716. The Labute approximate surface area is 147 Å². The Morgan fingerprint density at radius 1 is 1.17 bits per heavy atom. The molecule has 0 aliphatic carbocycles. The molecule has 5 heteroatoms. The predicted molar refractivity (Wildman–Crippen MR) is 95.5 cm³/mol. The smallest absolute Gasteiger partial charge is 0.236 e. The van der Waals surface area contributed by atoms with Crippen LogP contribution in [-0.4, -0.2) is 37.6 Å². The van der Waals surface area contributed by atoms with E-state index in [0.29, 0.717) is 5.02 Å². The number of hydrogen-bond donors (Lipinski definition) is 1. The van der Waals surface area contributed by atoms with Gasteiger partial charge in [-0.25, -0.2) is 0 Å². The van der Waals surface area contributed by atoms with Crippen molar-refractivity contribution in [2.24, 2.45) is 0 Å². The van der Waals surface area contributed by atoms with Gasteiger partial charge < -0.3 is 9.64 Å². The third-order valence-electron chi connectivity index (χ3n) is 4.33. The molecule has 24 heavy (non-hydrogen) atoms. The first-order valence-corrected chi connectivity index (χ1v) is 8.47. The van der Waals surface area contributed by atoms with Gasteiger partial charge in [0.05, 0.1) is 19.7 Å². The SMILES string of the molecule is COc1ccccc1[C@H](NCC(=O)N1CCC1)c1ccccc1Cl. The maximum absolute atomic E-state index is 12.2. The van der Waals surface area contributed by atoms with Crippen molar-refractivity contribution in [1.29, 1.82) is 0 Å². The summed E-state index contributed by atoms with van der Waals surface area (Å²) >= 11 is 6.40. The summed E-state index contributed by atoms with van der Waals surface area (Å²) in [5.41, 5.74) is 1.89. The summed E-state index contributed by atoms with van der Waals surface area (Å²) in [6.45, 7) is 1.98. The van der Waals surface area contributed by atoms with Crippen molar-refractivity contribution in [3.8, 4) is 5.75 Å². The molecule has 1 heterocycles. The van der Waals surface area contributed by atoms with E-state index in [1.807, 2.05) is 53.4 Å². The van der Waals surface area contributed by atoms with Crippen molar-refractivity contribution < 1.29 is 9.53 Å². The molecule has 1 aliphatic rings. The molecule has 0 radical (unpaired) electrons. The number of hydrogen-bond acceptors (Lipinski definition) is 3. The van der Waals surface area contributed by atoms with Gasteiger partial charge in [0, 0.05) is 23.7 Å². The average Bonchev–Trinajstić information content (AvgIpc) is 2.55. The molecule has 1 saturated heterocycles. The monoisotopic (exact) mass is 344 g/mol. The molecule has 1 N–H and O–H groups in total. The van der Waals surface area contributed by atoms with Crippen LogP contribution in [0.15, 0.2) is 48.5 Å². The van der Waals surface area contributed by atoms with E-state index in [2.05, 4.69) is 5.32 Å². The molecule has 1 aliphatic heterocycles. The largest absolute Gasteiger partial charge is 0.496 e. The third-order valence-corrected chi connectivity index (χ3v) is 4.68. The number of nitrogens with zero attached hydrogens (tertiary/aromatic N) is 1. The summed E-state index contributed by atoms with van der Waals surface area (Å²) in [7, 11) is 1.65. The second-order valence-corrected chi connectivity index (χ2v) is 6.22. The van der Waals surface area contributed by atoms with E-state index in [4.69, 9.17) is 16.3 Å². The molecule has 2 aromatic carbocycles. The Kier molecular flexibility index (Phi) is 5.38. The number of ether oxygens (including phenoxy) is 1. The number of rotatable bonds is 6. The van der Waals surface area contributed by atoms with Crippen molar-refractivity contribution >= 4 is 17.5 Å². The number of carbonyl (C=O) groups is 1. The molecule has 0 saturated carbocycles. The number of para-hydroxylation sites is 1. The normalized spacial score (nSPS) is 14.8. The fourth-order valence-electron chi connectivity index (χ4n) is 2.87. The predicted octanol–water partition coefficient (Wildman–Crippen LogP) is 3.26. The van der Waals surface area contributed by atoms with E-state index in [0.717, 1.165) is 36.4 Å². The summed E-state index contributed by atoms with van der Waals surface area (Å²) in [6.07, 6.45) is 1.09. The zero-order valence-electron chi connectivity index (χ0n) is 13.7. The molecule has 1 fully saturated rings. The van der Waals surface area contributed by atoms with Gasteiger partial charge in [-0.15, -0.1) is 0 Å². The Morgan fingerprint density at radius 2 is 1.83 bits per heavy atom. The highest BCUT2D eigenvalue weighted by atomic mass is 35.5. The second kappa shape index (κ2) is 7.69. The number of amides is 1. The summed E-state index contributed by atoms with van der Waals surface area (Å²) in [5.74, 6) is 0.888. The molecule has 0 unspecified atom stereocenters. The van der Waals surface area contributed by atoms with Crippen molar-refractivity contribution in [2.45, 2.75) is 12.5 Å². The van der Waals surface area contributed by atoms with Crippen LogP contribution in [-0.2, 0) is 4.79 Å². The minimum absolute atomic E-state index is 0.119. The highest BCUT2D eigenvalue weighted by Gasteiger charge is 2.24. The maximum atomic E-state index is 12.2. The standard InChI is InChI=1S/C19H21ClN2O2/c1-24-17-10-5-3-8-15(17)19(14-7-2-4-9-16(14)20)21-13-18(23)22-11-6-12-22/h2-5,7-10,19,21H,6,11-13H2,1H3/t19-/m1/s1. The van der Waals surface area contributed by atoms with Crippen LogP contribution in [0.5, 0.6) is 5.75 Å². The van der Waals surface area contributed by atoms with Gasteiger partial charge in [-0.3, -0.25) is 10.1 Å². The molecule has 4 nitrogen and oxygen atoms in total. The lowest BCUT2D eigenvalue weighted by Crippen LogP contribution is -2.46. The van der Waals surface area contributed by atoms with Gasteiger partial charge in [-0.2, -0.15) is 0 Å². The van der Waals surface area contributed by atoms with Gasteiger partial charge in [-0.05, 0) is 24.1 Å². The quantitative estimate of drug-likeness (QED) is 0.874. The summed E-state index contributed by atoms with van der Waals surface area (Å²) in [4.78, 5) is 14.1. The lowest BCUT2D eigenvalue weighted by molar-refractivity contribution is -0.133. The summed E-state index contributed by atoms with van der Waals surface area (Å²) in [6, 6.07) is 15.3. The number of halogens is 1. The molecule has 1 amide bonds. The number of benzene rings is 2. The van der Waals surface area contributed by atoms with Crippen LogP contribution in [0.25, 0.3) is 0 Å². The first kappa shape index (κ1) is 16.8. The van der Waals surface area contributed by atoms with Gasteiger partial charge in [0.1, 0.15) is 5.75 Å². The second-order valence-electron chi connectivity index (χ2n) is 5.81. The minimum atomic E-state index is -0.208. The molecule has 3 rings (SSSR count). The maximum Gasteiger partial charge on any atom is 0.236 e. The molecule has 0 spiro atoms. The highest BCUT2D eigenvalue weighted by Crippen LogP contribution is 2.33. The van der Waals surface area contributed by atoms with Gasteiger partial charge >= 0.3 is 0 Å². The molecule has 0 aromatic heterocycles. The van der Waals surface area contributed by atoms with Crippen molar-refractivity contribution in [2.75, 3.05) is 26.7 Å². The highest BCUT2D eigenvalue weighted by molar-refractivity contribution is 6.31. The molecular formula is C19H21ClN2O2. The van der Waals surface area contributed by atoms with Crippen LogP contribution in [0.4, 0.5) is 0 Å². The first-order chi connectivity index (χ1) is 11.7. The number of likely N-dealkylation sites (tertiary alicyclic amines) is 1. The fraction of sp³-hybridized carbons (Fsp3) is 0.316. The minimum Gasteiger partial charge on any atom is -0.496 e. The molecule has 0 bridgehead atoms. The fourth-order valence-corrected chi connectivity index (χ4v) is 3.11. The van der Waals surface area contributed by atoms with Crippen molar-refractivity contribution in [3.63, 3.8) is 0 Å². The van der Waals surface area contributed by atoms with Gasteiger partial charge in [0.25, 0.3) is 0 Å². The van der Waals surface area contributed by atoms with Crippen LogP contribution in [0, 0.1) is 0 Å². The van der Waals surface area contributed by atoms with Crippen LogP contribution in [0.1, 0.15) is 23.6 Å². The van der Waals surface area contributed by atoms with Gasteiger partial charge in [0.2, 0.25) is 5.91 Å². The van der Waals surface area contributed by atoms with Crippen molar-refractivity contribution in [1.82, 2.24) is 10.2 Å². The number of nitrogens with one attached hydrogen (secondary N) is 1. The first-order valence-electron chi connectivity index (χ1n) is 8.09. The zero-order chi connectivity index (χ0) is 16.9. The topological polar surface area (TPSA) is 41.6 Å². The van der Waals surface area contributed by atoms with E-state index in [1.54, 1.807) is 7.11 Å². The van der Waals surface area contributed by atoms with Crippen LogP contribution in [0.2, 0.25) is 5.02 Å². The van der Waals surface area contributed by atoms with Crippen LogP contribution in [0.3, 0.4) is 0 Å². The molecule has 2 aromatic rings. The Balaban J connectivity index is 1.88. The van der Waals surface area contributed by atoms with Crippen LogP contribution >= 0.6 is 11.6 Å². The average molecular weight is 345 g/mol. The van der Waals surface area contributed by atoms with E-state index in [9.17, 15) is 4.79 Å². The third kappa shape index (κ3) is 3.55. The lowest BCUT2D eigenvalue weighted by Gasteiger charge is -2.32. The van der Waals surface area contributed by atoms with Gasteiger partial charge in [-0.1, -0.05) is 48.0 Å². The van der Waals surface area contributed by atoms with Crippen molar-refractivity contribution in [3.05, 3.63) is 64.7 Å². The summed E-state index contributed by atoms with van der Waals surface area (Å²) in [5, 5.41) is 4.03. The Hall–Kier alpha value is -2.04. The Morgan fingerprint density at radius 3 is 2.46 bits per heavy atom. The molecule has 1 atom stereocenters. The lowest BCUT2D eigenvalue weighted by atomic mass is 9.97. The molecular weight excluding hydrogens is 324 g/mol. The van der Waals surface area contributed by atoms with E-state index < -0.39 is 0 Å². The van der Waals surface area contributed by atoms with E-state index >= 15 is 0 Å². The van der Waals surface area contributed by atoms with Gasteiger partial charge in [0.15, 0.2) is 0 Å². The van der Waals surface area contributed by atoms with E-state index in [-0.39, 0.29) is 18.5 Å². The van der Waals surface area contributed by atoms with Crippen LogP contribution < -0.4 is 10.1 Å². The molecule has 126 valence electrons. The number of methoxy groups -OCH3 is 1. The number of carbonyl (C=O) groups excluding carboxylic acids is 1. The van der Waals surface area contributed by atoms with E-state index in [1.165, 1.54) is 0 Å². The zero-order valence-corrected chi connectivity index (χ0v) is 14.4.